The molecule has 14 heavy (non-hydrogen) atoms. The first kappa shape index (κ1) is 13.9. The molecule has 2 heteroatoms. The summed E-state index contributed by atoms with van der Waals surface area (Å²) in [5.74, 6) is 0.630. The van der Waals surface area contributed by atoms with Gasteiger partial charge < -0.3 is 10.5 Å². The maximum atomic E-state index is 5.78. The van der Waals surface area contributed by atoms with Gasteiger partial charge >= 0.3 is 0 Å². The van der Waals surface area contributed by atoms with Crippen molar-refractivity contribution < 1.29 is 4.74 Å². The van der Waals surface area contributed by atoms with Gasteiger partial charge in [0, 0.05) is 13.2 Å². The van der Waals surface area contributed by atoms with Crippen LogP contribution in [-0.4, -0.2) is 19.8 Å². The number of rotatable bonds is 8. The van der Waals surface area contributed by atoms with Crippen molar-refractivity contribution in [1.29, 1.82) is 0 Å². The van der Waals surface area contributed by atoms with Gasteiger partial charge in [0.05, 0.1) is 0 Å². The second-order valence-corrected chi connectivity index (χ2v) is 4.98. The van der Waals surface area contributed by atoms with Crippen molar-refractivity contribution >= 4 is 0 Å². The summed E-state index contributed by atoms with van der Waals surface area (Å²) in [5.41, 5.74) is 6.06. The van der Waals surface area contributed by atoms with Crippen molar-refractivity contribution in [2.24, 2.45) is 17.1 Å². The summed E-state index contributed by atoms with van der Waals surface area (Å²) in [6, 6.07) is 0. The molecule has 0 aliphatic carbocycles. The molecule has 1 unspecified atom stereocenters. The summed E-state index contributed by atoms with van der Waals surface area (Å²) >= 11 is 0. The standard InChI is InChI=1S/C12H27NO/c1-5-6-12(4,10-13)7-8-14-9-11(2)3/h11H,5-10,13H2,1-4H3. The topological polar surface area (TPSA) is 35.2 Å². The summed E-state index contributed by atoms with van der Waals surface area (Å²) in [6.07, 6.45) is 3.50. The van der Waals surface area contributed by atoms with Crippen LogP contribution in [0.15, 0.2) is 0 Å². The molecule has 0 heterocycles. The lowest BCUT2D eigenvalue weighted by molar-refractivity contribution is 0.0798. The van der Waals surface area contributed by atoms with Crippen LogP contribution >= 0.6 is 0 Å². The van der Waals surface area contributed by atoms with Gasteiger partial charge in [-0.15, -0.1) is 0 Å². The van der Waals surface area contributed by atoms with Crippen molar-refractivity contribution in [1.82, 2.24) is 0 Å². The maximum Gasteiger partial charge on any atom is 0.0488 e. The lowest BCUT2D eigenvalue weighted by atomic mass is 9.83. The fraction of sp³-hybridized carbons (Fsp3) is 1.00. The Kier molecular flexibility index (Phi) is 7.20. The molecule has 86 valence electrons. The minimum Gasteiger partial charge on any atom is -0.381 e. The second-order valence-electron chi connectivity index (χ2n) is 4.98. The molecule has 0 spiro atoms. The van der Waals surface area contributed by atoms with Crippen LogP contribution in [0.25, 0.3) is 0 Å². The van der Waals surface area contributed by atoms with E-state index in [-0.39, 0.29) is 5.41 Å². The maximum absolute atomic E-state index is 5.78. The smallest absolute Gasteiger partial charge is 0.0488 e. The van der Waals surface area contributed by atoms with Crippen LogP contribution in [0.2, 0.25) is 0 Å². The summed E-state index contributed by atoms with van der Waals surface area (Å²) in [7, 11) is 0. The summed E-state index contributed by atoms with van der Waals surface area (Å²) < 4.78 is 5.58. The zero-order valence-corrected chi connectivity index (χ0v) is 10.3. The minimum absolute atomic E-state index is 0.283. The second kappa shape index (κ2) is 7.24. The number of hydrogen-bond donors (Lipinski definition) is 1. The molecule has 0 aromatic rings. The average molecular weight is 201 g/mol. The van der Waals surface area contributed by atoms with E-state index in [1.54, 1.807) is 0 Å². The molecule has 0 saturated carbocycles. The predicted octanol–water partition coefficient (Wildman–Crippen LogP) is 2.81. The number of nitrogens with two attached hydrogens (primary N) is 1. The highest BCUT2D eigenvalue weighted by atomic mass is 16.5. The Morgan fingerprint density at radius 2 is 1.93 bits per heavy atom. The van der Waals surface area contributed by atoms with E-state index in [9.17, 15) is 0 Å². The van der Waals surface area contributed by atoms with E-state index in [0.29, 0.717) is 5.92 Å². The third kappa shape index (κ3) is 6.39. The van der Waals surface area contributed by atoms with Gasteiger partial charge in [0.1, 0.15) is 0 Å². The molecular formula is C12H27NO. The van der Waals surface area contributed by atoms with Crippen LogP contribution in [0, 0.1) is 11.3 Å². The number of ether oxygens (including phenoxy) is 1. The van der Waals surface area contributed by atoms with Gasteiger partial charge in [-0.3, -0.25) is 0 Å². The Bertz CT molecular complexity index is 136. The van der Waals surface area contributed by atoms with Gasteiger partial charge in [0.25, 0.3) is 0 Å². The van der Waals surface area contributed by atoms with Crippen LogP contribution in [0.1, 0.15) is 47.0 Å². The summed E-state index contributed by atoms with van der Waals surface area (Å²) in [5, 5.41) is 0. The van der Waals surface area contributed by atoms with Crippen molar-refractivity contribution in [3.05, 3.63) is 0 Å². The predicted molar refractivity (Wildman–Crippen MR) is 62.3 cm³/mol. The van der Waals surface area contributed by atoms with E-state index in [1.165, 1.54) is 12.8 Å². The van der Waals surface area contributed by atoms with Gasteiger partial charge in [-0.1, -0.05) is 34.1 Å². The SMILES string of the molecule is CCCC(C)(CN)CCOCC(C)C. The molecule has 2 nitrogen and oxygen atoms in total. The van der Waals surface area contributed by atoms with E-state index in [1.807, 2.05) is 0 Å². The van der Waals surface area contributed by atoms with Crippen LogP contribution in [0.3, 0.4) is 0 Å². The van der Waals surface area contributed by atoms with E-state index < -0.39 is 0 Å². The van der Waals surface area contributed by atoms with Gasteiger partial charge in [-0.05, 0) is 30.7 Å². The minimum atomic E-state index is 0.283. The fourth-order valence-electron chi connectivity index (χ4n) is 1.57. The first-order valence-electron chi connectivity index (χ1n) is 5.82. The van der Waals surface area contributed by atoms with Crippen LogP contribution in [0.5, 0.6) is 0 Å². The zero-order valence-electron chi connectivity index (χ0n) is 10.3. The largest absolute Gasteiger partial charge is 0.381 e. The first-order chi connectivity index (χ1) is 6.54. The molecule has 0 amide bonds. The van der Waals surface area contributed by atoms with Crippen LogP contribution < -0.4 is 5.73 Å². The summed E-state index contributed by atoms with van der Waals surface area (Å²) in [4.78, 5) is 0. The molecule has 0 bridgehead atoms. The highest BCUT2D eigenvalue weighted by Crippen LogP contribution is 2.25. The van der Waals surface area contributed by atoms with E-state index in [4.69, 9.17) is 10.5 Å². The van der Waals surface area contributed by atoms with Gasteiger partial charge in [0.2, 0.25) is 0 Å². The quantitative estimate of drug-likeness (QED) is 0.613. The Morgan fingerprint density at radius 3 is 2.36 bits per heavy atom. The highest BCUT2D eigenvalue weighted by molar-refractivity contribution is 4.74. The molecule has 0 aromatic carbocycles. The monoisotopic (exact) mass is 201 g/mol. The van der Waals surface area contributed by atoms with Gasteiger partial charge in [-0.2, -0.15) is 0 Å². The van der Waals surface area contributed by atoms with E-state index in [2.05, 4.69) is 27.7 Å². The Balaban J connectivity index is 3.61. The third-order valence-corrected chi connectivity index (χ3v) is 2.65. The van der Waals surface area contributed by atoms with E-state index >= 15 is 0 Å². The highest BCUT2D eigenvalue weighted by Gasteiger charge is 2.20. The normalized spacial score (nSPS) is 15.9. The van der Waals surface area contributed by atoms with Crippen LogP contribution in [-0.2, 0) is 4.74 Å². The molecule has 0 radical (unpaired) electrons. The molecule has 0 saturated heterocycles. The molecule has 0 aromatic heterocycles. The Morgan fingerprint density at radius 1 is 1.29 bits per heavy atom. The third-order valence-electron chi connectivity index (χ3n) is 2.65. The molecular weight excluding hydrogens is 174 g/mol. The first-order valence-corrected chi connectivity index (χ1v) is 5.82. The van der Waals surface area contributed by atoms with E-state index in [0.717, 1.165) is 26.2 Å². The lowest BCUT2D eigenvalue weighted by Crippen LogP contribution is -2.28. The molecule has 2 N–H and O–H groups in total. The summed E-state index contributed by atoms with van der Waals surface area (Å²) in [6.45, 7) is 11.3. The molecule has 1 atom stereocenters. The molecule has 0 aliphatic heterocycles. The Hall–Kier alpha value is -0.0800. The van der Waals surface area contributed by atoms with Crippen molar-refractivity contribution in [3.63, 3.8) is 0 Å². The van der Waals surface area contributed by atoms with Crippen LogP contribution in [0.4, 0.5) is 0 Å². The molecule has 0 fully saturated rings. The van der Waals surface area contributed by atoms with Gasteiger partial charge in [-0.25, -0.2) is 0 Å². The number of hydrogen-bond acceptors (Lipinski definition) is 2. The zero-order chi connectivity index (χ0) is 11.0. The fourth-order valence-corrected chi connectivity index (χ4v) is 1.57. The Labute approximate surface area is 89.2 Å². The lowest BCUT2D eigenvalue weighted by Gasteiger charge is -2.27. The van der Waals surface area contributed by atoms with Crippen molar-refractivity contribution in [2.75, 3.05) is 19.8 Å². The van der Waals surface area contributed by atoms with Crippen molar-refractivity contribution in [2.45, 2.75) is 47.0 Å². The van der Waals surface area contributed by atoms with Gasteiger partial charge in [0.15, 0.2) is 0 Å². The average Bonchev–Trinajstić information content (AvgIpc) is 2.13. The molecule has 0 aliphatic rings. The molecule has 0 rings (SSSR count). The van der Waals surface area contributed by atoms with Crippen molar-refractivity contribution in [3.8, 4) is 0 Å².